The van der Waals surface area contributed by atoms with Crippen molar-refractivity contribution in [2.75, 3.05) is 19.4 Å². The van der Waals surface area contributed by atoms with E-state index < -0.39 is 52.3 Å². The lowest BCUT2D eigenvalue weighted by molar-refractivity contribution is -0.147. The molecule has 3 amide bonds. The molecule has 0 aliphatic heterocycles. The fourth-order valence-corrected chi connectivity index (χ4v) is 2.64. The summed E-state index contributed by atoms with van der Waals surface area (Å²) in [4.78, 5) is 33.3. The van der Waals surface area contributed by atoms with Crippen LogP contribution in [0.4, 0.5) is 9.18 Å². The molecule has 0 unspecified atom stereocenters. The van der Waals surface area contributed by atoms with Crippen LogP contribution in [-0.2, 0) is 24.2 Å². The number of imide groups is 1. The number of ether oxygens (including phenoxy) is 1. The molecule has 2 N–H and O–H groups in total. The summed E-state index contributed by atoms with van der Waals surface area (Å²) in [7, 11) is -2.47. The molecule has 126 valence electrons. The molecule has 0 radical (unpaired) electrons. The van der Waals surface area contributed by atoms with E-state index in [1.54, 1.807) is 0 Å². The zero-order valence-electron chi connectivity index (χ0n) is 12.2. The summed E-state index contributed by atoms with van der Waals surface area (Å²) < 4.78 is 41.1. The van der Waals surface area contributed by atoms with E-state index in [2.05, 4.69) is 10.1 Å². The predicted molar refractivity (Wildman–Crippen MR) is 76.6 cm³/mol. The highest BCUT2D eigenvalue weighted by molar-refractivity contribution is 7.91. The normalized spacial score (nSPS) is 10.7. The van der Waals surface area contributed by atoms with E-state index in [4.69, 9.17) is 0 Å². The van der Waals surface area contributed by atoms with Gasteiger partial charge in [-0.25, -0.2) is 17.6 Å². The van der Waals surface area contributed by atoms with Crippen LogP contribution in [0.3, 0.4) is 0 Å². The minimum absolute atomic E-state index is 0.121. The Kier molecular flexibility index (Phi) is 6.64. The molecular formula is C13H15FN2O6S. The van der Waals surface area contributed by atoms with Gasteiger partial charge in [-0.2, -0.15) is 0 Å². The molecule has 0 aliphatic rings. The van der Waals surface area contributed by atoms with Crippen LogP contribution in [0.1, 0.15) is 6.42 Å². The number of rotatable bonds is 6. The van der Waals surface area contributed by atoms with Gasteiger partial charge in [0.25, 0.3) is 5.91 Å². The summed E-state index contributed by atoms with van der Waals surface area (Å²) in [5.41, 5.74) is 0. The topological polar surface area (TPSA) is 119 Å². The number of carbonyl (C=O) groups excluding carboxylic acids is 3. The van der Waals surface area contributed by atoms with Crippen LogP contribution in [0.25, 0.3) is 0 Å². The number of hydrogen-bond donors (Lipinski definition) is 2. The van der Waals surface area contributed by atoms with Crippen molar-refractivity contribution in [1.82, 2.24) is 10.6 Å². The van der Waals surface area contributed by atoms with Gasteiger partial charge >= 0.3 is 12.0 Å². The monoisotopic (exact) mass is 346 g/mol. The van der Waals surface area contributed by atoms with Crippen molar-refractivity contribution in [1.29, 1.82) is 0 Å². The number of hydrogen-bond acceptors (Lipinski definition) is 6. The second-order valence-electron chi connectivity index (χ2n) is 4.31. The Balaban J connectivity index is 2.45. The quantitative estimate of drug-likeness (QED) is 0.552. The van der Waals surface area contributed by atoms with Crippen LogP contribution in [0.5, 0.6) is 0 Å². The Bertz CT molecular complexity index is 687. The molecule has 0 fully saturated rings. The van der Waals surface area contributed by atoms with Crippen molar-refractivity contribution in [3.63, 3.8) is 0 Å². The molecule has 8 nitrogen and oxygen atoms in total. The molecule has 23 heavy (non-hydrogen) atoms. The third-order valence-electron chi connectivity index (χ3n) is 2.59. The maximum atomic E-state index is 12.7. The first-order valence-electron chi connectivity index (χ1n) is 6.40. The minimum Gasteiger partial charge on any atom is -0.456 e. The first-order valence-corrected chi connectivity index (χ1v) is 8.05. The lowest BCUT2D eigenvalue weighted by Crippen LogP contribution is -2.39. The lowest BCUT2D eigenvalue weighted by atomic mass is 10.4. The molecule has 1 rings (SSSR count). The van der Waals surface area contributed by atoms with Crippen molar-refractivity contribution >= 4 is 27.7 Å². The Hall–Kier alpha value is -2.49. The first-order chi connectivity index (χ1) is 10.7. The van der Waals surface area contributed by atoms with Gasteiger partial charge in [-0.15, -0.1) is 0 Å². The molecular weight excluding hydrogens is 331 g/mol. The second kappa shape index (κ2) is 8.22. The van der Waals surface area contributed by atoms with E-state index in [1.165, 1.54) is 7.05 Å². The number of halogens is 1. The molecule has 0 bridgehead atoms. The number of urea groups is 1. The number of sulfone groups is 1. The van der Waals surface area contributed by atoms with Crippen LogP contribution in [0, 0.1) is 5.82 Å². The van der Waals surface area contributed by atoms with Gasteiger partial charge < -0.3 is 10.1 Å². The minimum atomic E-state index is -3.77. The SMILES string of the molecule is CNC(=O)NC(=O)COC(=O)CCS(=O)(=O)c1ccc(F)cc1. The average Bonchev–Trinajstić information content (AvgIpc) is 2.51. The molecule has 10 heteroatoms. The summed E-state index contributed by atoms with van der Waals surface area (Å²) in [6.45, 7) is -0.706. The van der Waals surface area contributed by atoms with Crippen LogP contribution < -0.4 is 10.6 Å². The van der Waals surface area contributed by atoms with Gasteiger partial charge in [-0.05, 0) is 24.3 Å². The van der Waals surface area contributed by atoms with Gasteiger partial charge in [0.15, 0.2) is 16.4 Å². The predicted octanol–water partition coefficient (Wildman–Crippen LogP) is -0.0117. The number of amides is 3. The molecule has 0 atom stereocenters. The molecule has 0 aliphatic carbocycles. The van der Waals surface area contributed by atoms with Crippen molar-refractivity contribution in [3.8, 4) is 0 Å². The number of carbonyl (C=O) groups is 3. The highest BCUT2D eigenvalue weighted by atomic mass is 32.2. The number of benzene rings is 1. The summed E-state index contributed by atoms with van der Waals surface area (Å²) in [5.74, 6) is -2.89. The second-order valence-corrected chi connectivity index (χ2v) is 6.42. The van der Waals surface area contributed by atoms with Gasteiger partial charge in [0.1, 0.15) is 5.82 Å². The molecule has 0 saturated carbocycles. The zero-order chi connectivity index (χ0) is 17.5. The third-order valence-corrected chi connectivity index (χ3v) is 4.32. The molecule has 1 aromatic carbocycles. The largest absolute Gasteiger partial charge is 0.456 e. The molecule has 1 aromatic rings. The van der Waals surface area contributed by atoms with Gasteiger partial charge in [0.05, 0.1) is 17.1 Å². The van der Waals surface area contributed by atoms with E-state index in [0.29, 0.717) is 0 Å². The number of esters is 1. The summed E-state index contributed by atoms with van der Waals surface area (Å²) in [6, 6.07) is 3.41. The van der Waals surface area contributed by atoms with Crippen molar-refractivity contribution < 1.29 is 31.9 Å². The van der Waals surface area contributed by atoms with Crippen LogP contribution in [0.2, 0.25) is 0 Å². The fraction of sp³-hybridized carbons (Fsp3) is 0.308. The smallest absolute Gasteiger partial charge is 0.321 e. The maximum absolute atomic E-state index is 12.7. The fourth-order valence-electron chi connectivity index (χ4n) is 1.42. The molecule has 0 aromatic heterocycles. The van der Waals surface area contributed by atoms with Gasteiger partial charge in [-0.3, -0.25) is 14.9 Å². The van der Waals surface area contributed by atoms with Crippen molar-refractivity contribution in [2.45, 2.75) is 11.3 Å². The molecule has 0 spiro atoms. The highest BCUT2D eigenvalue weighted by Gasteiger charge is 2.18. The van der Waals surface area contributed by atoms with Gasteiger partial charge in [-0.1, -0.05) is 0 Å². The molecule has 0 saturated heterocycles. The Morgan fingerprint density at radius 1 is 1.17 bits per heavy atom. The van der Waals surface area contributed by atoms with Gasteiger partial charge in [0.2, 0.25) is 0 Å². The van der Waals surface area contributed by atoms with E-state index >= 15 is 0 Å². The Morgan fingerprint density at radius 3 is 2.35 bits per heavy atom. The van der Waals surface area contributed by atoms with Crippen molar-refractivity contribution in [2.24, 2.45) is 0 Å². The van der Waals surface area contributed by atoms with E-state index in [9.17, 15) is 27.2 Å². The maximum Gasteiger partial charge on any atom is 0.321 e. The molecule has 0 heterocycles. The van der Waals surface area contributed by atoms with Gasteiger partial charge in [0, 0.05) is 7.05 Å². The van der Waals surface area contributed by atoms with Crippen LogP contribution in [0.15, 0.2) is 29.2 Å². The number of nitrogens with one attached hydrogen (secondary N) is 2. The van der Waals surface area contributed by atoms with E-state index in [-0.39, 0.29) is 4.90 Å². The lowest BCUT2D eigenvalue weighted by Gasteiger charge is -2.06. The Labute approximate surface area is 131 Å². The van der Waals surface area contributed by atoms with Crippen LogP contribution in [-0.4, -0.2) is 45.7 Å². The van der Waals surface area contributed by atoms with E-state index in [0.717, 1.165) is 24.3 Å². The summed E-state index contributed by atoms with van der Waals surface area (Å²) >= 11 is 0. The Morgan fingerprint density at radius 2 is 1.78 bits per heavy atom. The summed E-state index contributed by atoms with van der Waals surface area (Å²) in [6.07, 6.45) is -0.479. The zero-order valence-corrected chi connectivity index (χ0v) is 13.0. The van der Waals surface area contributed by atoms with Crippen molar-refractivity contribution in [3.05, 3.63) is 30.1 Å². The van der Waals surface area contributed by atoms with E-state index in [1.807, 2.05) is 5.32 Å². The van der Waals surface area contributed by atoms with Crippen LogP contribution >= 0.6 is 0 Å². The average molecular weight is 346 g/mol. The first kappa shape index (κ1) is 18.6. The standard InChI is InChI=1S/C13H15FN2O6S/c1-15-13(19)16-11(17)8-22-12(18)6-7-23(20,21)10-4-2-9(14)3-5-10/h2-5H,6-8H2,1H3,(H2,15,16,17,19). The third kappa shape index (κ3) is 6.43. The highest BCUT2D eigenvalue weighted by Crippen LogP contribution is 2.13. The summed E-state index contributed by atoms with van der Waals surface area (Å²) in [5, 5.41) is 4.00.